The second-order valence-corrected chi connectivity index (χ2v) is 4.98. The Morgan fingerprint density at radius 1 is 1.11 bits per heavy atom. The maximum absolute atomic E-state index is 9.17. The summed E-state index contributed by atoms with van der Waals surface area (Å²) in [6, 6.07) is 14.8. The van der Waals surface area contributed by atoms with Crippen LogP contribution in [0.25, 0.3) is 10.2 Å². The molecule has 3 aromatic rings. The summed E-state index contributed by atoms with van der Waals surface area (Å²) in [4.78, 5) is 4.41. The maximum Gasteiger partial charge on any atom is 0.204 e. The number of hydrazone groups is 1. The van der Waals surface area contributed by atoms with E-state index in [4.69, 9.17) is 0 Å². The molecule has 1 aromatic heterocycles. The number of nitrogens with one attached hydrogen (secondary N) is 1. The van der Waals surface area contributed by atoms with E-state index in [1.54, 1.807) is 41.8 Å². The van der Waals surface area contributed by atoms with Crippen LogP contribution in [0.2, 0.25) is 0 Å². The van der Waals surface area contributed by atoms with Crippen LogP contribution in [0.1, 0.15) is 5.56 Å². The highest BCUT2D eigenvalue weighted by molar-refractivity contribution is 7.22. The number of phenols is 1. The van der Waals surface area contributed by atoms with E-state index in [0.29, 0.717) is 0 Å². The zero-order chi connectivity index (χ0) is 13.1. The number of fused-ring (bicyclic) bond motifs is 1. The fourth-order valence-electron chi connectivity index (χ4n) is 1.64. The van der Waals surface area contributed by atoms with Crippen molar-refractivity contribution in [3.05, 3.63) is 54.1 Å². The minimum atomic E-state index is 0.247. The molecule has 0 spiro atoms. The molecule has 0 bridgehead atoms. The van der Waals surface area contributed by atoms with Gasteiger partial charge in [0.2, 0.25) is 5.13 Å². The van der Waals surface area contributed by atoms with Gasteiger partial charge in [0.05, 0.1) is 16.4 Å². The van der Waals surface area contributed by atoms with Gasteiger partial charge in [0.25, 0.3) is 0 Å². The molecule has 0 unspecified atom stereocenters. The molecule has 94 valence electrons. The molecule has 0 amide bonds. The first kappa shape index (κ1) is 11.7. The van der Waals surface area contributed by atoms with Crippen LogP contribution >= 0.6 is 11.3 Å². The van der Waals surface area contributed by atoms with E-state index in [1.165, 1.54) is 0 Å². The van der Waals surface area contributed by atoms with Crippen molar-refractivity contribution in [1.29, 1.82) is 0 Å². The normalized spacial score (nSPS) is 11.2. The number of aromatic nitrogens is 1. The number of hydrogen-bond donors (Lipinski definition) is 2. The van der Waals surface area contributed by atoms with E-state index in [-0.39, 0.29) is 5.75 Å². The van der Waals surface area contributed by atoms with Gasteiger partial charge in [-0.25, -0.2) is 4.98 Å². The molecular weight excluding hydrogens is 258 g/mol. The third-order valence-electron chi connectivity index (χ3n) is 2.56. The van der Waals surface area contributed by atoms with Crippen molar-refractivity contribution < 1.29 is 5.11 Å². The number of benzene rings is 2. The minimum Gasteiger partial charge on any atom is -0.508 e. The van der Waals surface area contributed by atoms with Crippen molar-refractivity contribution in [1.82, 2.24) is 4.98 Å². The monoisotopic (exact) mass is 269 g/mol. The first-order chi connectivity index (χ1) is 9.31. The molecule has 3 rings (SSSR count). The van der Waals surface area contributed by atoms with Gasteiger partial charge in [0, 0.05) is 0 Å². The minimum absolute atomic E-state index is 0.247. The summed E-state index contributed by atoms with van der Waals surface area (Å²) in [6.07, 6.45) is 1.69. The average Bonchev–Trinajstić information content (AvgIpc) is 2.83. The van der Waals surface area contributed by atoms with E-state index >= 15 is 0 Å². The van der Waals surface area contributed by atoms with Crippen molar-refractivity contribution >= 4 is 32.9 Å². The van der Waals surface area contributed by atoms with Crippen LogP contribution in [0.4, 0.5) is 5.13 Å². The van der Waals surface area contributed by atoms with E-state index < -0.39 is 0 Å². The highest BCUT2D eigenvalue weighted by Gasteiger charge is 2.00. The number of phenolic OH excluding ortho intramolecular Hbond substituents is 1. The lowest BCUT2D eigenvalue weighted by Crippen LogP contribution is -1.89. The molecular formula is C14H11N3OS. The van der Waals surface area contributed by atoms with Gasteiger partial charge in [-0.2, -0.15) is 5.10 Å². The van der Waals surface area contributed by atoms with Gasteiger partial charge in [-0.05, 0) is 42.0 Å². The fraction of sp³-hybridized carbons (Fsp3) is 0. The number of anilines is 1. The van der Waals surface area contributed by atoms with E-state index in [2.05, 4.69) is 15.5 Å². The molecule has 19 heavy (non-hydrogen) atoms. The Hall–Kier alpha value is -2.40. The van der Waals surface area contributed by atoms with Crippen LogP contribution in [0.5, 0.6) is 5.75 Å². The summed E-state index contributed by atoms with van der Waals surface area (Å²) in [5.74, 6) is 0.247. The second-order valence-electron chi connectivity index (χ2n) is 3.95. The molecule has 0 saturated heterocycles. The lowest BCUT2D eigenvalue weighted by atomic mass is 10.2. The standard InChI is InChI=1S/C14H11N3OS/c18-11-7-5-10(6-8-11)9-15-17-14-16-12-3-1-2-4-13(12)19-14/h1-9,18H,(H,16,17)/b15-9+. The van der Waals surface area contributed by atoms with Gasteiger partial charge >= 0.3 is 0 Å². The first-order valence-electron chi connectivity index (χ1n) is 5.75. The summed E-state index contributed by atoms with van der Waals surface area (Å²) in [5.41, 5.74) is 4.79. The third kappa shape index (κ3) is 2.71. The summed E-state index contributed by atoms with van der Waals surface area (Å²) in [5, 5.41) is 14.1. The number of thiazole rings is 1. The molecule has 0 atom stereocenters. The van der Waals surface area contributed by atoms with Crippen molar-refractivity contribution in [3.8, 4) is 5.75 Å². The Morgan fingerprint density at radius 3 is 2.68 bits per heavy atom. The number of rotatable bonds is 3. The summed E-state index contributed by atoms with van der Waals surface area (Å²) >= 11 is 1.56. The SMILES string of the molecule is Oc1ccc(/C=N/Nc2nc3ccccc3s2)cc1. The van der Waals surface area contributed by atoms with E-state index in [0.717, 1.165) is 20.9 Å². The molecule has 0 aliphatic heterocycles. The van der Waals surface area contributed by atoms with Crippen molar-refractivity contribution in [3.63, 3.8) is 0 Å². The van der Waals surface area contributed by atoms with Crippen LogP contribution in [0.15, 0.2) is 53.6 Å². The van der Waals surface area contributed by atoms with Crippen LogP contribution in [0, 0.1) is 0 Å². The smallest absolute Gasteiger partial charge is 0.204 e. The average molecular weight is 269 g/mol. The quantitative estimate of drug-likeness (QED) is 0.565. The molecule has 2 N–H and O–H groups in total. The van der Waals surface area contributed by atoms with Crippen molar-refractivity contribution in [2.45, 2.75) is 0 Å². The Labute approximate surface area is 114 Å². The Balaban J connectivity index is 1.73. The predicted molar refractivity (Wildman–Crippen MR) is 78.9 cm³/mol. The van der Waals surface area contributed by atoms with Gasteiger partial charge in [-0.15, -0.1) is 0 Å². The Bertz CT molecular complexity index is 686. The zero-order valence-corrected chi connectivity index (χ0v) is 10.8. The highest BCUT2D eigenvalue weighted by atomic mass is 32.1. The lowest BCUT2D eigenvalue weighted by Gasteiger charge is -1.94. The summed E-state index contributed by atoms with van der Waals surface area (Å²) in [7, 11) is 0. The van der Waals surface area contributed by atoms with Crippen molar-refractivity contribution in [2.24, 2.45) is 5.10 Å². The zero-order valence-electron chi connectivity index (χ0n) is 9.95. The van der Waals surface area contributed by atoms with Gasteiger partial charge in [0.1, 0.15) is 5.75 Å². The fourth-order valence-corrected chi connectivity index (χ4v) is 2.46. The first-order valence-corrected chi connectivity index (χ1v) is 6.56. The van der Waals surface area contributed by atoms with Crippen LogP contribution in [-0.2, 0) is 0 Å². The number of hydrogen-bond acceptors (Lipinski definition) is 5. The molecule has 0 saturated carbocycles. The van der Waals surface area contributed by atoms with Gasteiger partial charge in [-0.1, -0.05) is 23.5 Å². The number of para-hydroxylation sites is 1. The van der Waals surface area contributed by atoms with Gasteiger partial charge in [-0.3, -0.25) is 5.43 Å². The maximum atomic E-state index is 9.17. The second kappa shape index (κ2) is 5.07. The topological polar surface area (TPSA) is 57.5 Å². The molecule has 0 aliphatic carbocycles. The van der Waals surface area contributed by atoms with Gasteiger partial charge in [0.15, 0.2) is 0 Å². The van der Waals surface area contributed by atoms with Crippen LogP contribution < -0.4 is 5.43 Å². The van der Waals surface area contributed by atoms with Crippen LogP contribution in [0.3, 0.4) is 0 Å². The Morgan fingerprint density at radius 2 is 1.89 bits per heavy atom. The number of nitrogens with zero attached hydrogens (tertiary/aromatic N) is 2. The van der Waals surface area contributed by atoms with E-state index in [1.807, 2.05) is 24.3 Å². The molecule has 2 aromatic carbocycles. The molecule has 1 heterocycles. The lowest BCUT2D eigenvalue weighted by molar-refractivity contribution is 0.475. The van der Waals surface area contributed by atoms with E-state index in [9.17, 15) is 5.11 Å². The number of aromatic hydroxyl groups is 1. The molecule has 5 heteroatoms. The summed E-state index contributed by atoms with van der Waals surface area (Å²) < 4.78 is 1.13. The summed E-state index contributed by atoms with van der Waals surface area (Å²) in [6.45, 7) is 0. The largest absolute Gasteiger partial charge is 0.508 e. The predicted octanol–water partition coefficient (Wildman–Crippen LogP) is 3.45. The Kier molecular flexibility index (Phi) is 3.12. The van der Waals surface area contributed by atoms with Gasteiger partial charge < -0.3 is 5.11 Å². The van der Waals surface area contributed by atoms with Crippen molar-refractivity contribution in [2.75, 3.05) is 5.43 Å². The molecule has 0 aliphatic rings. The molecule has 0 radical (unpaired) electrons. The molecule has 0 fully saturated rings. The van der Waals surface area contributed by atoms with Crippen LogP contribution in [-0.4, -0.2) is 16.3 Å². The highest BCUT2D eigenvalue weighted by Crippen LogP contribution is 2.25. The third-order valence-corrected chi connectivity index (χ3v) is 3.50. The molecule has 4 nitrogen and oxygen atoms in total.